The van der Waals surface area contributed by atoms with Crippen LogP contribution in [0, 0.1) is 0 Å². The molecule has 0 radical (unpaired) electrons. The number of para-hydroxylation sites is 1. The van der Waals surface area contributed by atoms with Crippen molar-refractivity contribution in [1.29, 1.82) is 0 Å². The average molecular weight is 317 g/mol. The zero-order valence-corrected chi connectivity index (χ0v) is 14.0. The van der Waals surface area contributed by atoms with Gasteiger partial charge in [-0.25, -0.2) is 4.79 Å². The topological polar surface area (TPSA) is 51.5 Å². The molecular formula is C19H27NO3. The molecule has 0 aliphatic rings. The highest BCUT2D eigenvalue weighted by molar-refractivity contribution is 5.84. The number of benzene rings is 1. The molecule has 0 spiro atoms. The molecule has 0 fully saturated rings. The van der Waals surface area contributed by atoms with Crippen LogP contribution < -0.4 is 4.84 Å². The number of unbranched alkanes of at least 4 members (excludes halogenated alkanes) is 6. The summed E-state index contributed by atoms with van der Waals surface area (Å²) in [7, 11) is 0. The number of aliphatic hydroxyl groups is 1. The van der Waals surface area contributed by atoms with E-state index in [1.165, 1.54) is 36.8 Å². The number of carbonyl (C=O) groups is 1. The number of nitrogens with zero attached hydrogens (tertiary/aromatic N) is 1. The van der Waals surface area contributed by atoms with Crippen molar-refractivity contribution in [1.82, 2.24) is 4.73 Å². The number of aliphatic hydroxyl groups excluding tert-OH is 1. The molecule has 1 heterocycles. The van der Waals surface area contributed by atoms with Crippen LogP contribution in [-0.4, -0.2) is 15.8 Å². The summed E-state index contributed by atoms with van der Waals surface area (Å²) in [6, 6.07) is 7.60. The summed E-state index contributed by atoms with van der Waals surface area (Å²) < 4.78 is 1.48. The Bertz CT molecular complexity index is 618. The Labute approximate surface area is 138 Å². The van der Waals surface area contributed by atoms with Gasteiger partial charge in [0, 0.05) is 17.4 Å². The smallest absolute Gasteiger partial charge is 0.332 e. The molecule has 126 valence electrons. The maximum absolute atomic E-state index is 12.0. The second-order valence-corrected chi connectivity index (χ2v) is 5.99. The summed E-state index contributed by atoms with van der Waals surface area (Å²) in [6.07, 6.45) is 10.4. The van der Waals surface area contributed by atoms with Gasteiger partial charge in [0.1, 0.15) is 0 Å². The molecule has 4 heteroatoms. The molecule has 2 rings (SSSR count). The number of rotatable bonds is 10. The summed E-state index contributed by atoms with van der Waals surface area (Å²) in [5.41, 5.74) is 1.58. The lowest BCUT2D eigenvalue weighted by atomic mass is 10.1. The Morgan fingerprint density at radius 3 is 2.52 bits per heavy atom. The van der Waals surface area contributed by atoms with Crippen molar-refractivity contribution in [2.45, 2.75) is 64.9 Å². The van der Waals surface area contributed by atoms with E-state index in [4.69, 9.17) is 4.84 Å². The van der Waals surface area contributed by atoms with Gasteiger partial charge in [0.2, 0.25) is 0 Å². The molecule has 23 heavy (non-hydrogen) atoms. The quantitative estimate of drug-likeness (QED) is 0.667. The minimum absolute atomic E-state index is 0.0666. The van der Waals surface area contributed by atoms with E-state index >= 15 is 0 Å². The van der Waals surface area contributed by atoms with Crippen LogP contribution in [0.25, 0.3) is 10.9 Å². The Morgan fingerprint density at radius 2 is 1.78 bits per heavy atom. The fourth-order valence-electron chi connectivity index (χ4n) is 2.80. The monoisotopic (exact) mass is 317 g/mol. The lowest BCUT2D eigenvalue weighted by molar-refractivity contribution is -0.143. The predicted octanol–water partition coefficient (Wildman–Crippen LogP) is 4.23. The molecule has 0 unspecified atom stereocenters. The van der Waals surface area contributed by atoms with E-state index in [0.29, 0.717) is 6.42 Å². The molecule has 0 aliphatic carbocycles. The third-order valence-corrected chi connectivity index (χ3v) is 4.12. The van der Waals surface area contributed by atoms with E-state index in [0.717, 1.165) is 29.3 Å². The van der Waals surface area contributed by atoms with Gasteiger partial charge in [-0.1, -0.05) is 63.6 Å². The van der Waals surface area contributed by atoms with Crippen LogP contribution in [0.4, 0.5) is 0 Å². The van der Waals surface area contributed by atoms with Gasteiger partial charge in [0.15, 0.2) is 0 Å². The van der Waals surface area contributed by atoms with Crippen LogP contribution >= 0.6 is 0 Å². The maximum atomic E-state index is 12.0. The number of hydrogen-bond acceptors (Lipinski definition) is 3. The fraction of sp³-hybridized carbons (Fsp3) is 0.526. The molecular weight excluding hydrogens is 290 g/mol. The standard InChI is InChI=1S/C19H27NO3/c1-2-3-4-5-6-7-8-13-19(22)23-20-14-16(15-21)17-11-9-10-12-18(17)20/h9-12,14,21H,2-8,13,15H2,1H3. The predicted molar refractivity (Wildman–Crippen MR) is 92.1 cm³/mol. The molecule has 0 bridgehead atoms. The molecule has 4 nitrogen and oxygen atoms in total. The van der Waals surface area contributed by atoms with Gasteiger partial charge < -0.3 is 9.94 Å². The van der Waals surface area contributed by atoms with Gasteiger partial charge in [0.05, 0.1) is 18.3 Å². The third-order valence-electron chi connectivity index (χ3n) is 4.12. The summed E-state index contributed by atoms with van der Waals surface area (Å²) in [4.78, 5) is 17.4. The molecule has 2 aromatic rings. The molecule has 0 atom stereocenters. The van der Waals surface area contributed by atoms with E-state index in [2.05, 4.69) is 6.92 Å². The van der Waals surface area contributed by atoms with E-state index in [-0.39, 0.29) is 12.6 Å². The fourth-order valence-corrected chi connectivity index (χ4v) is 2.80. The van der Waals surface area contributed by atoms with Crippen LogP contribution in [0.3, 0.4) is 0 Å². The zero-order valence-electron chi connectivity index (χ0n) is 14.0. The van der Waals surface area contributed by atoms with Crippen LogP contribution in [0.2, 0.25) is 0 Å². The van der Waals surface area contributed by atoms with Gasteiger partial charge in [0.25, 0.3) is 0 Å². The first-order valence-corrected chi connectivity index (χ1v) is 8.67. The zero-order chi connectivity index (χ0) is 16.5. The summed E-state index contributed by atoms with van der Waals surface area (Å²) >= 11 is 0. The van der Waals surface area contributed by atoms with Crippen molar-refractivity contribution in [3.8, 4) is 0 Å². The molecule has 0 aliphatic heterocycles. The van der Waals surface area contributed by atoms with Gasteiger partial charge in [-0.15, -0.1) is 0 Å². The van der Waals surface area contributed by atoms with Crippen LogP contribution in [-0.2, 0) is 11.4 Å². The van der Waals surface area contributed by atoms with Crippen molar-refractivity contribution in [2.24, 2.45) is 0 Å². The normalized spacial score (nSPS) is 11.0. The average Bonchev–Trinajstić information content (AvgIpc) is 2.92. The second kappa shape index (κ2) is 9.36. The molecule has 0 saturated carbocycles. The summed E-state index contributed by atoms with van der Waals surface area (Å²) in [5.74, 6) is -0.219. The maximum Gasteiger partial charge on any atom is 0.332 e. The Hall–Kier alpha value is -1.81. The first-order valence-electron chi connectivity index (χ1n) is 8.67. The van der Waals surface area contributed by atoms with E-state index in [9.17, 15) is 9.90 Å². The largest absolute Gasteiger partial charge is 0.392 e. The Morgan fingerprint density at radius 1 is 1.09 bits per heavy atom. The summed E-state index contributed by atoms with van der Waals surface area (Å²) in [5, 5.41) is 10.3. The first-order chi connectivity index (χ1) is 11.3. The van der Waals surface area contributed by atoms with Crippen molar-refractivity contribution < 1.29 is 14.7 Å². The van der Waals surface area contributed by atoms with E-state index in [1.807, 2.05) is 24.3 Å². The van der Waals surface area contributed by atoms with Crippen LogP contribution in [0.5, 0.6) is 0 Å². The van der Waals surface area contributed by atoms with E-state index < -0.39 is 0 Å². The highest BCUT2D eigenvalue weighted by Crippen LogP contribution is 2.20. The molecule has 1 N–H and O–H groups in total. The number of fused-ring (bicyclic) bond motifs is 1. The molecule has 1 aromatic heterocycles. The highest BCUT2D eigenvalue weighted by Gasteiger charge is 2.11. The SMILES string of the molecule is CCCCCCCCCC(=O)On1cc(CO)c2ccccc21. The Kier molecular flexibility index (Phi) is 7.14. The Balaban J connectivity index is 1.79. The van der Waals surface area contributed by atoms with Crippen molar-refractivity contribution in [2.75, 3.05) is 0 Å². The number of hydrogen-bond donors (Lipinski definition) is 1. The van der Waals surface area contributed by atoms with Crippen molar-refractivity contribution >= 4 is 16.9 Å². The minimum atomic E-state index is -0.219. The van der Waals surface area contributed by atoms with Crippen LogP contribution in [0.1, 0.15) is 63.9 Å². The minimum Gasteiger partial charge on any atom is -0.392 e. The molecule has 0 amide bonds. The first kappa shape index (κ1) is 17.5. The molecule has 1 aromatic carbocycles. The lowest BCUT2D eigenvalue weighted by Crippen LogP contribution is -2.18. The van der Waals surface area contributed by atoms with Gasteiger partial charge in [-0.2, -0.15) is 4.73 Å². The second-order valence-electron chi connectivity index (χ2n) is 5.99. The van der Waals surface area contributed by atoms with Gasteiger partial charge in [-0.3, -0.25) is 0 Å². The van der Waals surface area contributed by atoms with Gasteiger partial charge in [-0.05, 0) is 12.5 Å². The number of carbonyl (C=O) groups excluding carboxylic acids is 1. The number of aromatic nitrogens is 1. The van der Waals surface area contributed by atoms with E-state index in [1.54, 1.807) is 6.20 Å². The third kappa shape index (κ3) is 5.10. The molecule has 0 saturated heterocycles. The lowest BCUT2D eigenvalue weighted by Gasteiger charge is -2.06. The summed E-state index contributed by atoms with van der Waals surface area (Å²) in [6.45, 7) is 2.14. The van der Waals surface area contributed by atoms with Crippen molar-refractivity contribution in [3.63, 3.8) is 0 Å². The van der Waals surface area contributed by atoms with Gasteiger partial charge >= 0.3 is 5.97 Å². The highest BCUT2D eigenvalue weighted by atomic mass is 16.7. The van der Waals surface area contributed by atoms with Crippen LogP contribution in [0.15, 0.2) is 30.5 Å². The van der Waals surface area contributed by atoms with Crippen molar-refractivity contribution in [3.05, 3.63) is 36.0 Å².